The number of hydrogen-bond donors (Lipinski definition) is 1. The van der Waals surface area contributed by atoms with Gasteiger partial charge in [-0.15, -0.1) is 0 Å². The smallest absolute Gasteiger partial charge is 0.243 e. The first kappa shape index (κ1) is 20.8. The molecule has 0 bridgehead atoms. The fraction of sp³-hybridized carbons (Fsp3) is 0.360. The zero-order valence-electron chi connectivity index (χ0n) is 18.0. The molecule has 158 valence electrons. The van der Waals surface area contributed by atoms with Gasteiger partial charge < -0.3 is 10.2 Å². The first-order valence-electron chi connectivity index (χ1n) is 10.8. The Morgan fingerprint density at radius 2 is 1.68 bits per heavy atom. The van der Waals surface area contributed by atoms with E-state index >= 15 is 0 Å². The number of aromatic nitrogens is 2. The number of amides is 1. The first-order chi connectivity index (χ1) is 15.0. The minimum atomic E-state index is -1.02. The van der Waals surface area contributed by atoms with E-state index in [4.69, 9.17) is 9.97 Å². The fourth-order valence-electron chi connectivity index (χ4n) is 4.40. The van der Waals surface area contributed by atoms with Gasteiger partial charge >= 0.3 is 0 Å². The van der Waals surface area contributed by atoms with E-state index in [1.165, 1.54) is 0 Å². The van der Waals surface area contributed by atoms with E-state index < -0.39 is 5.92 Å². The minimum absolute atomic E-state index is 0.352. The van der Waals surface area contributed by atoms with Crippen LogP contribution in [-0.4, -0.2) is 29.0 Å². The second-order valence-electron chi connectivity index (χ2n) is 8.54. The van der Waals surface area contributed by atoms with Crippen LogP contribution in [-0.2, 0) is 11.3 Å². The fourth-order valence-corrected chi connectivity index (χ4v) is 4.40. The SMILES string of the molecule is C[C@H]1C[C@H](C)CN(c2nc3ccccc3nc2[C@H](C#N)C(=O)NCc2ccccc2)C1. The molecule has 31 heavy (non-hydrogen) atoms. The lowest BCUT2D eigenvalue weighted by atomic mass is 9.91. The molecule has 3 atom stereocenters. The van der Waals surface area contributed by atoms with Crippen LogP contribution in [0.1, 0.15) is 37.4 Å². The highest BCUT2D eigenvalue weighted by Crippen LogP contribution is 2.31. The molecular weight excluding hydrogens is 386 g/mol. The summed E-state index contributed by atoms with van der Waals surface area (Å²) in [6.45, 7) is 6.50. The molecule has 2 heterocycles. The lowest BCUT2D eigenvalue weighted by molar-refractivity contribution is -0.121. The van der Waals surface area contributed by atoms with Gasteiger partial charge in [0.1, 0.15) is 5.69 Å². The topological polar surface area (TPSA) is 81.9 Å². The van der Waals surface area contributed by atoms with Crippen LogP contribution >= 0.6 is 0 Å². The number of anilines is 1. The van der Waals surface area contributed by atoms with Crippen molar-refractivity contribution in [1.82, 2.24) is 15.3 Å². The Kier molecular flexibility index (Phi) is 6.13. The van der Waals surface area contributed by atoms with Gasteiger partial charge in [0.2, 0.25) is 5.91 Å². The molecule has 6 nitrogen and oxygen atoms in total. The van der Waals surface area contributed by atoms with Crippen molar-refractivity contribution in [1.29, 1.82) is 5.26 Å². The predicted molar refractivity (Wildman–Crippen MR) is 121 cm³/mol. The lowest BCUT2D eigenvalue weighted by Gasteiger charge is -2.36. The number of benzene rings is 2. The third-order valence-corrected chi connectivity index (χ3v) is 5.72. The van der Waals surface area contributed by atoms with Crippen LogP contribution in [0.25, 0.3) is 11.0 Å². The molecule has 0 unspecified atom stereocenters. The summed E-state index contributed by atoms with van der Waals surface area (Å²) in [4.78, 5) is 24.9. The van der Waals surface area contributed by atoms with E-state index in [1.807, 2.05) is 54.6 Å². The normalized spacial score (nSPS) is 19.6. The number of piperidine rings is 1. The quantitative estimate of drug-likeness (QED) is 0.683. The number of rotatable bonds is 5. The van der Waals surface area contributed by atoms with E-state index in [1.54, 1.807) is 0 Å². The van der Waals surface area contributed by atoms with Crippen LogP contribution in [0.15, 0.2) is 54.6 Å². The van der Waals surface area contributed by atoms with Crippen LogP contribution in [0.5, 0.6) is 0 Å². The van der Waals surface area contributed by atoms with Gasteiger partial charge in [-0.1, -0.05) is 56.3 Å². The van der Waals surface area contributed by atoms with Crippen molar-refractivity contribution in [3.05, 3.63) is 65.9 Å². The van der Waals surface area contributed by atoms with Crippen molar-refractivity contribution in [3.63, 3.8) is 0 Å². The van der Waals surface area contributed by atoms with Gasteiger partial charge in [0.05, 0.1) is 17.1 Å². The van der Waals surface area contributed by atoms with Crippen molar-refractivity contribution in [2.24, 2.45) is 11.8 Å². The second kappa shape index (κ2) is 9.13. The minimum Gasteiger partial charge on any atom is -0.355 e. The van der Waals surface area contributed by atoms with Crippen molar-refractivity contribution in [2.75, 3.05) is 18.0 Å². The zero-order chi connectivity index (χ0) is 21.8. The third kappa shape index (κ3) is 4.66. The maximum atomic E-state index is 13.0. The average Bonchev–Trinajstić information content (AvgIpc) is 2.78. The molecule has 1 saturated heterocycles. The van der Waals surface area contributed by atoms with Crippen molar-refractivity contribution >= 4 is 22.8 Å². The van der Waals surface area contributed by atoms with E-state index in [-0.39, 0.29) is 5.91 Å². The summed E-state index contributed by atoms with van der Waals surface area (Å²) in [6.07, 6.45) is 1.16. The van der Waals surface area contributed by atoms with Gasteiger partial charge in [0.25, 0.3) is 0 Å². The van der Waals surface area contributed by atoms with Crippen LogP contribution < -0.4 is 10.2 Å². The van der Waals surface area contributed by atoms with Gasteiger partial charge in [-0.3, -0.25) is 4.79 Å². The highest BCUT2D eigenvalue weighted by atomic mass is 16.1. The number of nitrogens with zero attached hydrogens (tertiary/aromatic N) is 4. The molecule has 1 aromatic heterocycles. The van der Waals surface area contributed by atoms with Gasteiger partial charge in [0, 0.05) is 19.6 Å². The third-order valence-electron chi connectivity index (χ3n) is 5.72. The molecule has 0 radical (unpaired) electrons. The van der Waals surface area contributed by atoms with E-state index in [0.717, 1.165) is 30.6 Å². The largest absolute Gasteiger partial charge is 0.355 e. The molecule has 3 aromatic rings. The number of para-hydroxylation sites is 2. The lowest BCUT2D eigenvalue weighted by Crippen LogP contribution is -2.40. The average molecular weight is 414 g/mol. The van der Waals surface area contributed by atoms with Gasteiger partial charge in [-0.05, 0) is 36.0 Å². The Hall–Kier alpha value is -3.46. The first-order valence-corrected chi connectivity index (χ1v) is 10.8. The summed E-state index contributed by atoms with van der Waals surface area (Å²) >= 11 is 0. The molecule has 1 N–H and O–H groups in total. The molecular formula is C25H27N5O. The monoisotopic (exact) mass is 413 g/mol. The van der Waals surface area contributed by atoms with Crippen molar-refractivity contribution in [3.8, 4) is 6.07 Å². The van der Waals surface area contributed by atoms with Crippen molar-refractivity contribution in [2.45, 2.75) is 32.7 Å². The maximum Gasteiger partial charge on any atom is 0.243 e. The number of nitriles is 1. The molecule has 0 spiro atoms. The summed E-state index contributed by atoms with van der Waals surface area (Å²) in [5, 5.41) is 12.8. The Bertz CT molecular complexity index is 1100. The molecule has 1 aliphatic heterocycles. The predicted octanol–water partition coefficient (Wildman–Crippen LogP) is 4.04. The highest BCUT2D eigenvalue weighted by molar-refractivity contribution is 5.88. The Balaban J connectivity index is 1.69. The molecule has 1 aliphatic rings. The number of nitrogens with one attached hydrogen (secondary N) is 1. The Morgan fingerprint density at radius 3 is 2.32 bits per heavy atom. The Morgan fingerprint density at radius 1 is 1.06 bits per heavy atom. The number of carbonyl (C=O) groups excluding carboxylic acids is 1. The van der Waals surface area contributed by atoms with Crippen LogP contribution in [0, 0.1) is 23.2 Å². The van der Waals surface area contributed by atoms with Crippen LogP contribution in [0.3, 0.4) is 0 Å². The molecule has 6 heteroatoms. The summed E-state index contributed by atoms with van der Waals surface area (Å²) in [5.74, 6) is 0.298. The molecule has 0 aliphatic carbocycles. The molecule has 1 fully saturated rings. The summed E-state index contributed by atoms with van der Waals surface area (Å²) in [5.41, 5.74) is 2.88. The van der Waals surface area contributed by atoms with Crippen LogP contribution in [0.4, 0.5) is 5.82 Å². The molecule has 1 amide bonds. The summed E-state index contributed by atoms with van der Waals surface area (Å²) < 4.78 is 0. The maximum absolute atomic E-state index is 13.0. The van der Waals surface area contributed by atoms with E-state index in [9.17, 15) is 10.1 Å². The van der Waals surface area contributed by atoms with E-state index in [0.29, 0.717) is 35.4 Å². The van der Waals surface area contributed by atoms with Gasteiger partial charge in [0.15, 0.2) is 11.7 Å². The number of hydrogen-bond acceptors (Lipinski definition) is 5. The summed E-state index contributed by atoms with van der Waals surface area (Å²) in [6, 6.07) is 19.5. The summed E-state index contributed by atoms with van der Waals surface area (Å²) in [7, 11) is 0. The van der Waals surface area contributed by atoms with Gasteiger partial charge in [-0.25, -0.2) is 9.97 Å². The molecule has 0 saturated carbocycles. The molecule has 4 rings (SSSR count). The Labute approximate surface area is 182 Å². The van der Waals surface area contributed by atoms with Gasteiger partial charge in [-0.2, -0.15) is 5.26 Å². The number of fused-ring (bicyclic) bond motifs is 1. The standard InChI is InChI=1S/C25H27N5O/c1-17-12-18(2)16-30(15-17)24-23(28-21-10-6-7-11-22(21)29-24)20(13-26)25(31)27-14-19-8-4-3-5-9-19/h3-11,17-18,20H,12,14-16H2,1-2H3,(H,27,31)/t17-,18-,20-/m0/s1. The second-order valence-corrected chi connectivity index (χ2v) is 8.54. The van der Waals surface area contributed by atoms with Crippen LogP contribution in [0.2, 0.25) is 0 Å². The van der Waals surface area contributed by atoms with Crippen molar-refractivity contribution < 1.29 is 4.79 Å². The zero-order valence-corrected chi connectivity index (χ0v) is 18.0. The number of carbonyl (C=O) groups is 1. The highest BCUT2D eigenvalue weighted by Gasteiger charge is 2.31. The molecule has 2 aromatic carbocycles. The van der Waals surface area contributed by atoms with E-state index in [2.05, 4.69) is 30.1 Å².